The van der Waals surface area contributed by atoms with Crippen molar-refractivity contribution in [3.8, 4) is 0 Å². The summed E-state index contributed by atoms with van der Waals surface area (Å²) >= 11 is 0. The Morgan fingerprint density at radius 3 is 2.57 bits per heavy atom. The molecule has 2 N–H and O–H groups in total. The van der Waals surface area contributed by atoms with Crippen molar-refractivity contribution in [1.82, 2.24) is 4.90 Å². The highest BCUT2D eigenvalue weighted by Crippen LogP contribution is 2.35. The predicted molar refractivity (Wildman–Crippen MR) is 81.4 cm³/mol. The average Bonchev–Trinajstić information content (AvgIpc) is 2.95. The molecule has 1 heterocycles. The van der Waals surface area contributed by atoms with Gasteiger partial charge in [0.15, 0.2) is 0 Å². The second-order valence-corrected chi connectivity index (χ2v) is 6.38. The monoisotopic (exact) mass is 290 g/mol. The predicted octanol–water partition coefficient (Wildman–Crippen LogP) is 3.59. The number of hydrogen-bond donors (Lipinski definition) is 1. The molecule has 2 aliphatic rings. The lowest BCUT2D eigenvalue weighted by atomic mass is 9.83. The van der Waals surface area contributed by atoms with E-state index < -0.39 is 5.82 Å². The summed E-state index contributed by atoms with van der Waals surface area (Å²) in [6.45, 7) is 0.788. The Kier molecular flexibility index (Phi) is 4.13. The van der Waals surface area contributed by atoms with E-state index in [0.717, 1.165) is 19.4 Å². The number of benzene rings is 1. The fourth-order valence-corrected chi connectivity index (χ4v) is 3.96. The van der Waals surface area contributed by atoms with Crippen LogP contribution in [0.3, 0.4) is 0 Å². The van der Waals surface area contributed by atoms with Gasteiger partial charge in [0.05, 0.1) is 0 Å². The first-order valence-electron chi connectivity index (χ1n) is 8.02. The molecule has 0 bridgehead atoms. The Morgan fingerprint density at radius 2 is 1.86 bits per heavy atom. The molecule has 1 saturated carbocycles. The molecular formula is C17H23FN2O. The molecule has 21 heavy (non-hydrogen) atoms. The minimum Gasteiger partial charge on any atom is -0.399 e. The molecular weight excluding hydrogens is 267 g/mol. The lowest BCUT2D eigenvalue weighted by Gasteiger charge is -2.34. The smallest absolute Gasteiger partial charge is 0.254 e. The van der Waals surface area contributed by atoms with Crippen LogP contribution >= 0.6 is 0 Å². The number of hydrogen-bond acceptors (Lipinski definition) is 2. The molecule has 1 aromatic carbocycles. The first-order valence-corrected chi connectivity index (χ1v) is 8.02. The lowest BCUT2D eigenvalue weighted by Crippen LogP contribution is -2.40. The van der Waals surface area contributed by atoms with Crippen LogP contribution in [0.2, 0.25) is 0 Å². The minimum atomic E-state index is -0.438. The van der Waals surface area contributed by atoms with Gasteiger partial charge in [0.2, 0.25) is 0 Å². The molecule has 1 unspecified atom stereocenters. The first-order chi connectivity index (χ1) is 10.1. The van der Waals surface area contributed by atoms with Gasteiger partial charge in [-0.15, -0.1) is 0 Å². The molecule has 2 fully saturated rings. The zero-order valence-corrected chi connectivity index (χ0v) is 12.4. The number of anilines is 1. The van der Waals surface area contributed by atoms with E-state index in [9.17, 15) is 9.18 Å². The Balaban J connectivity index is 1.79. The summed E-state index contributed by atoms with van der Waals surface area (Å²) in [6.07, 6.45) is 8.45. The van der Waals surface area contributed by atoms with Gasteiger partial charge >= 0.3 is 0 Å². The summed E-state index contributed by atoms with van der Waals surface area (Å²) in [4.78, 5) is 14.7. The van der Waals surface area contributed by atoms with Crippen molar-refractivity contribution in [3.63, 3.8) is 0 Å². The van der Waals surface area contributed by atoms with Crippen LogP contribution < -0.4 is 5.73 Å². The SMILES string of the molecule is Nc1cc(F)cc(C(=O)N2CCCC2C2CCCCC2)c1. The maximum atomic E-state index is 13.5. The number of carbonyl (C=O) groups is 1. The summed E-state index contributed by atoms with van der Waals surface area (Å²) in [5.74, 6) is 0.122. The quantitative estimate of drug-likeness (QED) is 0.846. The lowest BCUT2D eigenvalue weighted by molar-refractivity contribution is 0.0661. The fraction of sp³-hybridized carbons (Fsp3) is 0.588. The van der Waals surface area contributed by atoms with Gasteiger partial charge in [-0.2, -0.15) is 0 Å². The molecule has 0 spiro atoms. The largest absolute Gasteiger partial charge is 0.399 e. The van der Waals surface area contributed by atoms with Crippen molar-refractivity contribution in [2.45, 2.75) is 51.0 Å². The van der Waals surface area contributed by atoms with Gasteiger partial charge in [0, 0.05) is 23.8 Å². The van der Waals surface area contributed by atoms with Crippen LogP contribution in [0.5, 0.6) is 0 Å². The van der Waals surface area contributed by atoms with E-state index in [1.807, 2.05) is 4.90 Å². The van der Waals surface area contributed by atoms with Gasteiger partial charge < -0.3 is 10.6 Å². The van der Waals surface area contributed by atoms with E-state index in [-0.39, 0.29) is 5.91 Å². The van der Waals surface area contributed by atoms with Crippen molar-refractivity contribution in [3.05, 3.63) is 29.6 Å². The van der Waals surface area contributed by atoms with Crippen molar-refractivity contribution >= 4 is 11.6 Å². The van der Waals surface area contributed by atoms with Gasteiger partial charge in [-0.05, 0) is 49.8 Å². The molecule has 114 valence electrons. The summed E-state index contributed by atoms with van der Waals surface area (Å²) in [5.41, 5.74) is 6.36. The third kappa shape index (κ3) is 3.04. The summed E-state index contributed by atoms with van der Waals surface area (Å²) < 4.78 is 13.5. The van der Waals surface area contributed by atoms with Gasteiger partial charge in [-0.25, -0.2) is 4.39 Å². The summed E-state index contributed by atoms with van der Waals surface area (Å²) in [6, 6.07) is 4.47. The van der Waals surface area contributed by atoms with Crippen LogP contribution in [0.25, 0.3) is 0 Å². The second kappa shape index (κ2) is 6.04. The molecule has 1 saturated heterocycles. The van der Waals surface area contributed by atoms with Crippen LogP contribution in [0, 0.1) is 11.7 Å². The fourth-order valence-electron chi connectivity index (χ4n) is 3.96. The van der Waals surface area contributed by atoms with Crippen molar-refractivity contribution < 1.29 is 9.18 Å². The Labute approximate surface area is 125 Å². The van der Waals surface area contributed by atoms with Crippen LogP contribution in [0.15, 0.2) is 18.2 Å². The average molecular weight is 290 g/mol. The Morgan fingerprint density at radius 1 is 1.10 bits per heavy atom. The molecule has 0 radical (unpaired) electrons. The number of halogens is 1. The van der Waals surface area contributed by atoms with Gasteiger partial charge in [0.1, 0.15) is 5.82 Å². The molecule has 1 atom stereocenters. The van der Waals surface area contributed by atoms with Crippen molar-refractivity contribution in [2.75, 3.05) is 12.3 Å². The standard InChI is InChI=1S/C17H23FN2O/c18-14-9-13(10-15(19)11-14)17(21)20-8-4-7-16(20)12-5-2-1-3-6-12/h9-12,16H,1-8,19H2. The van der Waals surface area contributed by atoms with E-state index in [1.54, 1.807) is 6.07 Å². The number of nitrogen functional groups attached to an aromatic ring is 1. The molecule has 1 aromatic rings. The van der Waals surface area contributed by atoms with Gasteiger partial charge in [-0.3, -0.25) is 4.79 Å². The minimum absolute atomic E-state index is 0.0609. The summed E-state index contributed by atoms with van der Waals surface area (Å²) in [7, 11) is 0. The zero-order chi connectivity index (χ0) is 14.8. The maximum absolute atomic E-state index is 13.5. The first kappa shape index (κ1) is 14.4. The molecule has 1 amide bonds. The number of rotatable bonds is 2. The molecule has 3 rings (SSSR count). The van der Waals surface area contributed by atoms with Crippen LogP contribution in [0.4, 0.5) is 10.1 Å². The van der Waals surface area contributed by atoms with E-state index in [1.165, 1.54) is 44.2 Å². The molecule has 0 aromatic heterocycles. The highest BCUT2D eigenvalue weighted by Gasteiger charge is 2.35. The van der Waals surface area contributed by atoms with E-state index in [0.29, 0.717) is 23.2 Å². The topological polar surface area (TPSA) is 46.3 Å². The van der Waals surface area contributed by atoms with Crippen molar-refractivity contribution in [2.24, 2.45) is 5.92 Å². The molecule has 3 nitrogen and oxygen atoms in total. The Hall–Kier alpha value is -1.58. The normalized spacial score (nSPS) is 23.5. The molecule has 1 aliphatic heterocycles. The van der Waals surface area contributed by atoms with E-state index in [4.69, 9.17) is 5.73 Å². The van der Waals surface area contributed by atoms with Crippen LogP contribution in [0.1, 0.15) is 55.3 Å². The Bertz CT molecular complexity index is 505. The van der Waals surface area contributed by atoms with Crippen molar-refractivity contribution in [1.29, 1.82) is 0 Å². The van der Waals surface area contributed by atoms with E-state index in [2.05, 4.69) is 0 Å². The highest BCUT2D eigenvalue weighted by molar-refractivity contribution is 5.95. The zero-order valence-electron chi connectivity index (χ0n) is 12.4. The van der Waals surface area contributed by atoms with E-state index >= 15 is 0 Å². The van der Waals surface area contributed by atoms with Crippen LogP contribution in [-0.2, 0) is 0 Å². The number of nitrogens with two attached hydrogens (primary N) is 1. The highest BCUT2D eigenvalue weighted by atomic mass is 19.1. The summed E-state index contributed by atoms with van der Waals surface area (Å²) in [5, 5.41) is 0. The molecule has 4 heteroatoms. The third-order valence-corrected chi connectivity index (χ3v) is 4.92. The van der Waals surface area contributed by atoms with Crippen LogP contribution in [-0.4, -0.2) is 23.4 Å². The maximum Gasteiger partial charge on any atom is 0.254 e. The number of carbonyl (C=O) groups excluding carboxylic acids is 1. The third-order valence-electron chi connectivity index (χ3n) is 4.92. The number of amides is 1. The number of nitrogens with zero attached hydrogens (tertiary/aromatic N) is 1. The second-order valence-electron chi connectivity index (χ2n) is 6.38. The molecule has 1 aliphatic carbocycles. The van der Waals surface area contributed by atoms with Gasteiger partial charge in [-0.1, -0.05) is 19.3 Å². The van der Waals surface area contributed by atoms with Gasteiger partial charge in [0.25, 0.3) is 5.91 Å². The number of likely N-dealkylation sites (tertiary alicyclic amines) is 1.